The van der Waals surface area contributed by atoms with Gasteiger partial charge in [-0.05, 0) is 25.1 Å². The summed E-state index contributed by atoms with van der Waals surface area (Å²) in [4.78, 5) is 14.9. The maximum Gasteiger partial charge on any atom is 0.219 e. The summed E-state index contributed by atoms with van der Waals surface area (Å²) in [6, 6.07) is 13.8. The largest absolute Gasteiger partial charge is 0.512 e. The molecule has 114 valence electrons. The molecule has 2 rings (SSSR count). The van der Waals surface area contributed by atoms with Crippen molar-refractivity contribution < 1.29 is 19.0 Å². The number of ketones is 1. The smallest absolute Gasteiger partial charge is 0.219 e. The minimum atomic E-state index is -1.52. The van der Waals surface area contributed by atoms with Crippen LogP contribution in [-0.4, -0.2) is 15.9 Å². The van der Waals surface area contributed by atoms with Gasteiger partial charge in [0, 0.05) is 18.6 Å². The zero-order valence-electron chi connectivity index (χ0n) is 12.1. The number of carbonyl (C=O) groups excluding carboxylic acids is 1. The van der Waals surface area contributed by atoms with Crippen molar-refractivity contribution in [2.75, 3.05) is 0 Å². The Morgan fingerprint density at radius 1 is 1.27 bits per heavy atom. The van der Waals surface area contributed by atoms with Gasteiger partial charge in [0.1, 0.15) is 11.9 Å². The molecular weight excluding hydrogens is 285 g/mol. The first-order chi connectivity index (χ1) is 10.5. The second-order valence-corrected chi connectivity index (χ2v) is 4.73. The Morgan fingerprint density at radius 2 is 2.00 bits per heavy atom. The van der Waals surface area contributed by atoms with Gasteiger partial charge in [-0.25, -0.2) is 9.37 Å². The molecule has 0 saturated heterocycles. The quantitative estimate of drug-likeness (QED) is 0.638. The van der Waals surface area contributed by atoms with Gasteiger partial charge in [-0.2, -0.15) is 0 Å². The first-order valence-corrected chi connectivity index (χ1v) is 6.78. The summed E-state index contributed by atoms with van der Waals surface area (Å²) in [5, 5.41) is 9.50. The van der Waals surface area contributed by atoms with Crippen LogP contribution in [0.25, 0.3) is 0 Å². The number of pyridine rings is 1. The fraction of sp³-hybridized carbons (Fsp3) is 0.176. The number of rotatable bonds is 6. The first-order valence-electron chi connectivity index (χ1n) is 6.78. The molecule has 0 fully saturated rings. The topological polar surface area (TPSA) is 59.4 Å². The number of para-hydroxylation sites is 1. The third-order valence-electron chi connectivity index (χ3n) is 2.79. The Morgan fingerprint density at radius 3 is 2.68 bits per heavy atom. The molecule has 1 unspecified atom stereocenters. The van der Waals surface area contributed by atoms with Crippen molar-refractivity contribution in [2.45, 2.75) is 19.5 Å². The highest BCUT2D eigenvalue weighted by atomic mass is 19.1. The van der Waals surface area contributed by atoms with Crippen molar-refractivity contribution in [2.24, 2.45) is 0 Å². The van der Waals surface area contributed by atoms with Crippen molar-refractivity contribution in [1.29, 1.82) is 0 Å². The second kappa shape index (κ2) is 7.36. The van der Waals surface area contributed by atoms with E-state index in [4.69, 9.17) is 4.74 Å². The van der Waals surface area contributed by atoms with Crippen LogP contribution in [0.15, 0.2) is 60.4 Å². The number of halogens is 1. The molecule has 22 heavy (non-hydrogen) atoms. The minimum Gasteiger partial charge on any atom is -0.512 e. The van der Waals surface area contributed by atoms with Crippen molar-refractivity contribution in [3.8, 4) is 11.6 Å². The van der Waals surface area contributed by atoms with Crippen molar-refractivity contribution >= 4 is 5.78 Å². The fourth-order valence-corrected chi connectivity index (χ4v) is 1.85. The van der Waals surface area contributed by atoms with Gasteiger partial charge in [0.05, 0.1) is 11.5 Å². The Labute approximate surface area is 127 Å². The summed E-state index contributed by atoms with van der Waals surface area (Å²) < 4.78 is 19.7. The molecule has 1 aromatic heterocycles. The van der Waals surface area contributed by atoms with Crippen LogP contribution in [0.2, 0.25) is 0 Å². The van der Waals surface area contributed by atoms with E-state index in [1.165, 1.54) is 13.0 Å². The number of nitrogens with zero attached hydrogens (tertiary/aromatic N) is 1. The highest BCUT2D eigenvalue weighted by Gasteiger charge is 2.15. The SMILES string of the molecule is CC(=O)C=C(O)CC(F)c1cccc(Oc2ccccc2)n1. The van der Waals surface area contributed by atoms with Crippen LogP contribution in [0.1, 0.15) is 25.2 Å². The van der Waals surface area contributed by atoms with Gasteiger partial charge in [-0.1, -0.05) is 24.3 Å². The Bertz CT molecular complexity index is 671. The molecule has 1 aromatic carbocycles. The first kappa shape index (κ1) is 15.7. The van der Waals surface area contributed by atoms with Gasteiger partial charge in [0.15, 0.2) is 5.78 Å². The van der Waals surface area contributed by atoms with E-state index in [-0.39, 0.29) is 29.5 Å². The van der Waals surface area contributed by atoms with Crippen LogP contribution >= 0.6 is 0 Å². The molecule has 0 aliphatic heterocycles. The van der Waals surface area contributed by atoms with E-state index in [2.05, 4.69) is 4.98 Å². The predicted octanol–water partition coefficient (Wildman–Crippen LogP) is 4.31. The van der Waals surface area contributed by atoms with Crippen molar-refractivity contribution in [1.82, 2.24) is 4.98 Å². The van der Waals surface area contributed by atoms with Crippen LogP contribution in [0.5, 0.6) is 11.6 Å². The van der Waals surface area contributed by atoms with Crippen LogP contribution in [0.4, 0.5) is 4.39 Å². The number of carbonyl (C=O) groups is 1. The predicted molar refractivity (Wildman–Crippen MR) is 80.6 cm³/mol. The van der Waals surface area contributed by atoms with Gasteiger partial charge < -0.3 is 9.84 Å². The number of alkyl halides is 1. The lowest BCUT2D eigenvalue weighted by Crippen LogP contribution is -2.00. The van der Waals surface area contributed by atoms with E-state index < -0.39 is 6.17 Å². The standard InChI is InChI=1S/C17H16FNO3/c1-12(20)10-13(21)11-15(18)16-8-5-9-17(19-16)22-14-6-3-2-4-7-14/h2-10,15,21H,11H2,1H3. The number of aliphatic hydroxyl groups excluding tert-OH is 1. The Hall–Kier alpha value is -2.69. The lowest BCUT2D eigenvalue weighted by atomic mass is 10.1. The van der Waals surface area contributed by atoms with E-state index >= 15 is 0 Å². The summed E-state index contributed by atoms with van der Waals surface area (Å²) in [6.07, 6.45) is -0.826. The third kappa shape index (κ3) is 4.70. The van der Waals surface area contributed by atoms with Crippen LogP contribution < -0.4 is 4.74 Å². The van der Waals surface area contributed by atoms with Gasteiger partial charge >= 0.3 is 0 Å². The van der Waals surface area contributed by atoms with Crippen molar-refractivity contribution in [3.05, 3.63) is 66.1 Å². The second-order valence-electron chi connectivity index (χ2n) is 4.73. The van der Waals surface area contributed by atoms with E-state index in [1.807, 2.05) is 18.2 Å². The number of aromatic nitrogens is 1. The number of allylic oxidation sites excluding steroid dienone is 2. The number of aliphatic hydroxyl groups is 1. The molecule has 0 spiro atoms. The molecule has 0 amide bonds. The van der Waals surface area contributed by atoms with E-state index in [0.717, 1.165) is 6.08 Å². The molecule has 5 heteroatoms. The Kier molecular flexibility index (Phi) is 5.25. The van der Waals surface area contributed by atoms with Crippen LogP contribution in [-0.2, 0) is 4.79 Å². The molecule has 4 nitrogen and oxygen atoms in total. The third-order valence-corrected chi connectivity index (χ3v) is 2.79. The lowest BCUT2D eigenvalue weighted by Gasteiger charge is -2.09. The van der Waals surface area contributed by atoms with E-state index in [0.29, 0.717) is 5.75 Å². The summed E-state index contributed by atoms with van der Waals surface area (Å²) in [5.41, 5.74) is 0.136. The maximum absolute atomic E-state index is 14.1. The molecule has 0 aliphatic carbocycles. The average Bonchev–Trinajstić information content (AvgIpc) is 2.47. The summed E-state index contributed by atoms with van der Waals surface area (Å²) >= 11 is 0. The number of hydrogen-bond donors (Lipinski definition) is 1. The molecule has 1 N–H and O–H groups in total. The number of ether oxygens (including phenoxy) is 1. The van der Waals surface area contributed by atoms with Gasteiger partial charge in [0.25, 0.3) is 0 Å². The maximum atomic E-state index is 14.1. The zero-order valence-corrected chi connectivity index (χ0v) is 12.1. The number of benzene rings is 1. The normalized spacial score (nSPS) is 12.7. The van der Waals surface area contributed by atoms with Crippen LogP contribution in [0, 0.1) is 0 Å². The molecule has 1 heterocycles. The van der Waals surface area contributed by atoms with E-state index in [1.54, 1.807) is 24.3 Å². The van der Waals surface area contributed by atoms with Crippen LogP contribution in [0.3, 0.4) is 0 Å². The Balaban J connectivity index is 2.09. The number of hydrogen-bond acceptors (Lipinski definition) is 4. The highest BCUT2D eigenvalue weighted by molar-refractivity contribution is 5.87. The molecule has 0 bridgehead atoms. The molecule has 0 aliphatic rings. The van der Waals surface area contributed by atoms with Gasteiger partial charge in [-0.3, -0.25) is 4.79 Å². The molecule has 0 saturated carbocycles. The summed E-state index contributed by atoms with van der Waals surface area (Å²) in [6.45, 7) is 1.29. The monoisotopic (exact) mass is 301 g/mol. The molecule has 0 radical (unpaired) electrons. The van der Waals surface area contributed by atoms with Gasteiger partial charge in [0.2, 0.25) is 5.88 Å². The highest BCUT2D eigenvalue weighted by Crippen LogP contribution is 2.26. The fourth-order valence-electron chi connectivity index (χ4n) is 1.85. The molecule has 2 aromatic rings. The summed E-state index contributed by atoms with van der Waals surface area (Å²) in [7, 11) is 0. The summed E-state index contributed by atoms with van der Waals surface area (Å²) in [5.74, 6) is 0.221. The minimum absolute atomic E-state index is 0.136. The molecule has 1 atom stereocenters. The van der Waals surface area contributed by atoms with E-state index in [9.17, 15) is 14.3 Å². The molecular formula is C17H16FNO3. The lowest BCUT2D eigenvalue weighted by molar-refractivity contribution is -0.112. The van der Waals surface area contributed by atoms with Gasteiger partial charge in [-0.15, -0.1) is 0 Å². The van der Waals surface area contributed by atoms with Crippen molar-refractivity contribution in [3.63, 3.8) is 0 Å². The average molecular weight is 301 g/mol. The zero-order chi connectivity index (χ0) is 15.9.